The monoisotopic (exact) mass is 381 g/mol. The number of hydrogen-bond donors (Lipinski definition) is 1. The fourth-order valence-corrected chi connectivity index (χ4v) is 3.38. The third kappa shape index (κ3) is 5.42. The summed E-state index contributed by atoms with van der Waals surface area (Å²) in [7, 11) is 1.69. The molecular weight excluding hydrogens is 350 g/mol. The largest absolute Gasteiger partial charge is 0.335 e. The minimum atomic E-state index is -0.392. The molecule has 5 heteroatoms. The second-order valence-corrected chi connectivity index (χ2v) is 6.79. The Morgan fingerprint density at radius 3 is 2.14 bits per heavy atom. The van der Waals surface area contributed by atoms with E-state index >= 15 is 0 Å². The molecule has 0 aromatic heterocycles. The minimum absolute atomic E-state index is 0.0154. The number of benzene rings is 2. The molecule has 0 radical (unpaired) electrons. The average Bonchev–Trinajstić information content (AvgIpc) is 2.72. The van der Waals surface area contributed by atoms with E-state index in [1.165, 1.54) is 4.90 Å². The van der Waals surface area contributed by atoms with Gasteiger partial charge in [0.1, 0.15) is 6.04 Å². The van der Waals surface area contributed by atoms with Gasteiger partial charge >= 0.3 is 0 Å². The van der Waals surface area contributed by atoms with E-state index in [2.05, 4.69) is 17.1 Å². The van der Waals surface area contributed by atoms with Crippen LogP contribution in [0.2, 0.25) is 0 Å². The molecule has 2 aromatic carbocycles. The average molecular weight is 382 g/mol. The zero-order valence-corrected chi connectivity index (χ0v) is 17.3. The van der Waals surface area contributed by atoms with Gasteiger partial charge in [0.05, 0.1) is 6.54 Å². The van der Waals surface area contributed by atoms with E-state index in [1.54, 1.807) is 7.05 Å². The number of rotatable bonds is 9. The summed E-state index contributed by atoms with van der Waals surface area (Å²) >= 11 is 0. The lowest BCUT2D eigenvalue weighted by Gasteiger charge is -2.32. The molecule has 1 N–H and O–H groups in total. The van der Waals surface area contributed by atoms with Crippen molar-refractivity contribution in [2.75, 3.05) is 32.0 Å². The summed E-state index contributed by atoms with van der Waals surface area (Å²) in [5, 5.41) is 2.94. The van der Waals surface area contributed by atoms with E-state index in [-0.39, 0.29) is 18.4 Å². The van der Waals surface area contributed by atoms with Gasteiger partial charge in [-0.05, 0) is 36.7 Å². The van der Waals surface area contributed by atoms with Crippen LogP contribution in [0.4, 0.5) is 5.69 Å². The molecule has 0 bridgehead atoms. The molecule has 1 atom stereocenters. The van der Waals surface area contributed by atoms with Gasteiger partial charge in [-0.1, -0.05) is 69.3 Å². The van der Waals surface area contributed by atoms with Crippen LogP contribution in [0.15, 0.2) is 54.6 Å². The zero-order chi connectivity index (χ0) is 20.5. The third-order valence-electron chi connectivity index (χ3n) is 4.96. The molecular formula is C23H31N3O2. The molecule has 0 fully saturated rings. The van der Waals surface area contributed by atoms with Crippen molar-refractivity contribution in [3.63, 3.8) is 0 Å². The Morgan fingerprint density at radius 2 is 1.54 bits per heavy atom. The number of carbonyl (C=O) groups excluding carboxylic acids is 2. The molecule has 2 amide bonds. The highest BCUT2D eigenvalue weighted by Gasteiger charge is 2.29. The van der Waals surface area contributed by atoms with Crippen LogP contribution in [0.25, 0.3) is 0 Å². The minimum Gasteiger partial charge on any atom is -0.335 e. The number of likely N-dealkylation sites (N-methyl/N-ethyl adjacent to an activating group) is 2. The van der Waals surface area contributed by atoms with Gasteiger partial charge in [-0.25, -0.2) is 0 Å². The van der Waals surface area contributed by atoms with Crippen LogP contribution in [0, 0.1) is 0 Å². The van der Waals surface area contributed by atoms with Gasteiger partial charge < -0.3 is 10.2 Å². The van der Waals surface area contributed by atoms with Crippen molar-refractivity contribution in [2.24, 2.45) is 0 Å². The molecule has 0 aliphatic heterocycles. The van der Waals surface area contributed by atoms with Crippen molar-refractivity contribution >= 4 is 17.5 Å². The molecule has 5 nitrogen and oxygen atoms in total. The van der Waals surface area contributed by atoms with E-state index in [0.29, 0.717) is 0 Å². The topological polar surface area (TPSA) is 52.7 Å². The van der Waals surface area contributed by atoms with Crippen molar-refractivity contribution in [2.45, 2.75) is 33.2 Å². The standard InChI is InChI=1S/C23H31N3O2/c1-5-18-13-11-12-16-20(18)24-21(27)17-25(4)23(28)22(26(6-2)7-3)19-14-9-8-10-15-19/h8-16,22H,5-7,17H2,1-4H3,(H,24,27). The smallest absolute Gasteiger partial charge is 0.244 e. The predicted molar refractivity (Wildman–Crippen MR) is 114 cm³/mol. The van der Waals surface area contributed by atoms with Crippen LogP contribution in [0.3, 0.4) is 0 Å². The first-order valence-corrected chi connectivity index (χ1v) is 9.93. The molecule has 2 aromatic rings. The van der Waals surface area contributed by atoms with Gasteiger partial charge in [0, 0.05) is 12.7 Å². The van der Waals surface area contributed by atoms with E-state index in [4.69, 9.17) is 0 Å². The Balaban J connectivity index is 2.12. The molecule has 1 unspecified atom stereocenters. The van der Waals surface area contributed by atoms with E-state index in [9.17, 15) is 9.59 Å². The Morgan fingerprint density at radius 1 is 0.929 bits per heavy atom. The quantitative estimate of drug-likeness (QED) is 0.720. The normalized spacial score (nSPS) is 11.9. The Bertz CT molecular complexity index is 772. The summed E-state index contributed by atoms with van der Waals surface area (Å²) in [5.74, 6) is -0.267. The van der Waals surface area contributed by atoms with Crippen LogP contribution >= 0.6 is 0 Å². The Hall–Kier alpha value is -2.66. The van der Waals surface area contributed by atoms with Crippen molar-refractivity contribution in [1.29, 1.82) is 0 Å². The van der Waals surface area contributed by atoms with Gasteiger partial charge in [-0.3, -0.25) is 14.5 Å². The summed E-state index contributed by atoms with van der Waals surface area (Å²) in [6.45, 7) is 7.66. The molecule has 0 aliphatic rings. The second kappa shape index (κ2) is 10.6. The number of aryl methyl sites for hydroxylation is 1. The summed E-state index contributed by atoms with van der Waals surface area (Å²) in [4.78, 5) is 29.4. The van der Waals surface area contributed by atoms with Gasteiger partial charge in [-0.2, -0.15) is 0 Å². The maximum Gasteiger partial charge on any atom is 0.244 e. The first-order valence-electron chi connectivity index (χ1n) is 9.93. The van der Waals surface area contributed by atoms with Gasteiger partial charge in [0.2, 0.25) is 11.8 Å². The predicted octanol–water partition coefficient (Wildman–Crippen LogP) is 3.73. The molecule has 2 rings (SSSR count). The zero-order valence-electron chi connectivity index (χ0n) is 17.3. The summed E-state index contributed by atoms with van der Waals surface area (Å²) in [6, 6.07) is 17.1. The number of nitrogens with zero attached hydrogens (tertiary/aromatic N) is 2. The van der Waals surface area contributed by atoms with Crippen LogP contribution in [0.5, 0.6) is 0 Å². The number of carbonyl (C=O) groups is 2. The molecule has 0 spiro atoms. The fraction of sp³-hybridized carbons (Fsp3) is 0.391. The maximum atomic E-state index is 13.2. The highest BCUT2D eigenvalue weighted by atomic mass is 16.2. The number of anilines is 1. The van der Waals surface area contributed by atoms with Crippen molar-refractivity contribution in [3.05, 3.63) is 65.7 Å². The lowest BCUT2D eigenvalue weighted by atomic mass is 10.0. The lowest BCUT2D eigenvalue weighted by Crippen LogP contribution is -2.44. The molecule has 0 aliphatic carbocycles. The molecule has 0 saturated heterocycles. The third-order valence-corrected chi connectivity index (χ3v) is 4.96. The molecule has 0 heterocycles. The highest BCUT2D eigenvalue weighted by Crippen LogP contribution is 2.23. The van der Waals surface area contributed by atoms with Gasteiger partial charge in [0.25, 0.3) is 0 Å². The number of hydrogen-bond acceptors (Lipinski definition) is 3. The first-order chi connectivity index (χ1) is 13.5. The summed E-state index contributed by atoms with van der Waals surface area (Å²) in [6.07, 6.45) is 0.837. The Labute approximate surface area is 168 Å². The highest BCUT2D eigenvalue weighted by molar-refractivity contribution is 5.96. The van der Waals surface area contributed by atoms with Crippen molar-refractivity contribution in [1.82, 2.24) is 9.80 Å². The van der Waals surface area contributed by atoms with E-state index < -0.39 is 6.04 Å². The first kappa shape index (κ1) is 21.6. The van der Waals surface area contributed by atoms with Gasteiger partial charge in [-0.15, -0.1) is 0 Å². The molecule has 0 saturated carbocycles. The summed E-state index contributed by atoms with van der Waals surface area (Å²) < 4.78 is 0. The number of amides is 2. The number of para-hydroxylation sites is 1. The lowest BCUT2D eigenvalue weighted by molar-refractivity contribution is -0.138. The van der Waals surface area contributed by atoms with Crippen LogP contribution in [0.1, 0.15) is 37.9 Å². The van der Waals surface area contributed by atoms with E-state index in [0.717, 1.165) is 36.3 Å². The second-order valence-electron chi connectivity index (χ2n) is 6.79. The maximum absolute atomic E-state index is 13.2. The van der Waals surface area contributed by atoms with Gasteiger partial charge in [0.15, 0.2) is 0 Å². The number of nitrogens with one attached hydrogen (secondary N) is 1. The molecule has 150 valence electrons. The molecule has 28 heavy (non-hydrogen) atoms. The van der Waals surface area contributed by atoms with Crippen molar-refractivity contribution < 1.29 is 9.59 Å². The van der Waals surface area contributed by atoms with Crippen LogP contribution in [-0.4, -0.2) is 48.3 Å². The fourth-order valence-electron chi connectivity index (χ4n) is 3.38. The summed E-state index contributed by atoms with van der Waals surface area (Å²) in [5.41, 5.74) is 2.83. The van der Waals surface area contributed by atoms with E-state index in [1.807, 2.05) is 68.4 Å². The van der Waals surface area contributed by atoms with Crippen LogP contribution in [-0.2, 0) is 16.0 Å². The SMILES string of the molecule is CCc1ccccc1NC(=O)CN(C)C(=O)C(c1ccccc1)N(CC)CC. The van der Waals surface area contributed by atoms with Crippen molar-refractivity contribution in [3.8, 4) is 0 Å². The van der Waals surface area contributed by atoms with Crippen LogP contribution < -0.4 is 5.32 Å². The Kier molecular flexibility index (Phi) is 8.20.